The molecule has 0 spiro atoms. The Morgan fingerprint density at radius 3 is 2.87 bits per heavy atom. The molecule has 3 nitrogen and oxygen atoms in total. The van der Waals surface area contributed by atoms with Crippen LogP contribution in [-0.4, -0.2) is 24.7 Å². The molecule has 1 aliphatic rings. The Hall–Kier alpha value is -0.870. The fourth-order valence-corrected chi connectivity index (χ4v) is 1.59. The van der Waals surface area contributed by atoms with Crippen LogP contribution in [0.1, 0.15) is 39.0 Å². The first-order chi connectivity index (χ1) is 7.03. The van der Waals surface area contributed by atoms with Gasteiger partial charge in [-0.2, -0.15) is 0 Å². The van der Waals surface area contributed by atoms with Gasteiger partial charge >= 0.3 is 6.09 Å². The van der Waals surface area contributed by atoms with E-state index in [1.807, 2.05) is 6.92 Å². The maximum Gasteiger partial charge on any atom is 0.407 e. The molecule has 1 amide bonds. The minimum absolute atomic E-state index is 0.146. The van der Waals surface area contributed by atoms with Crippen molar-refractivity contribution in [3.05, 3.63) is 0 Å². The molecule has 1 saturated carbocycles. The Morgan fingerprint density at radius 2 is 2.33 bits per heavy atom. The average Bonchev–Trinajstić information content (AvgIpc) is 2.46. The fraction of sp³-hybridized carbons (Fsp3) is 0.900. The number of nitrogens with one attached hydrogen (secondary N) is 1. The average molecular weight is 221 g/mol. The molecular weight excluding hydrogens is 204 g/mol. The lowest BCUT2D eigenvalue weighted by molar-refractivity contribution is 0.00697. The molecule has 0 heterocycles. The molecule has 1 unspecified atom stereocenters. The summed E-state index contributed by atoms with van der Waals surface area (Å²) in [6.07, 6.45) is 1.08. The highest BCUT2D eigenvalue weighted by Crippen LogP contribution is 2.34. The van der Waals surface area contributed by atoms with Crippen LogP contribution in [0.2, 0.25) is 0 Å². The van der Waals surface area contributed by atoms with E-state index in [1.165, 1.54) is 0 Å². The van der Waals surface area contributed by atoms with Crippen LogP contribution < -0.4 is 5.32 Å². The molecule has 0 radical (unpaired) electrons. The van der Waals surface area contributed by atoms with Gasteiger partial charge in [0.15, 0.2) is 0 Å². The summed E-state index contributed by atoms with van der Waals surface area (Å²) in [5.74, 6) is -2.62. The molecule has 1 atom stereocenters. The third kappa shape index (κ3) is 4.44. The van der Waals surface area contributed by atoms with E-state index in [0.717, 1.165) is 12.8 Å². The standard InChI is InChI=1S/C10H17F2NO2/c1-2-3-6-15-9(14)13-8-4-5-10(11,12)7-8/h8H,2-7H2,1H3,(H,13,14). The van der Waals surface area contributed by atoms with E-state index in [0.29, 0.717) is 13.0 Å². The largest absolute Gasteiger partial charge is 0.450 e. The van der Waals surface area contributed by atoms with Gasteiger partial charge in [-0.25, -0.2) is 13.6 Å². The lowest BCUT2D eigenvalue weighted by atomic mass is 10.2. The third-order valence-corrected chi connectivity index (χ3v) is 2.46. The van der Waals surface area contributed by atoms with Crippen LogP contribution in [0.3, 0.4) is 0 Å². The number of rotatable bonds is 4. The molecule has 88 valence electrons. The van der Waals surface area contributed by atoms with E-state index in [9.17, 15) is 13.6 Å². The van der Waals surface area contributed by atoms with Crippen molar-refractivity contribution < 1.29 is 18.3 Å². The maximum absolute atomic E-state index is 12.8. The van der Waals surface area contributed by atoms with Crippen molar-refractivity contribution in [1.29, 1.82) is 0 Å². The summed E-state index contributed by atoms with van der Waals surface area (Å²) in [6.45, 7) is 2.34. The minimum Gasteiger partial charge on any atom is -0.450 e. The number of halogens is 2. The number of alkyl carbamates (subject to hydrolysis) is 1. The zero-order chi connectivity index (χ0) is 11.3. The van der Waals surface area contributed by atoms with Crippen LogP contribution in [0.4, 0.5) is 13.6 Å². The van der Waals surface area contributed by atoms with Crippen LogP contribution in [0.5, 0.6) is 0 Å². The van der Waals surface area contributed by atoms with Crippen molar-refractivity contribution >= 4 is 6.09 Å². The summed E-state index contributed by atoms with van der Waals surface area (Å²) in [7, 11) is 0. The second-order valence-electron chi connectivity index (χ2n) is 3.93. The number of carbonyl (C=O) groups is 1. The molecule has 0 aromatic heterocycles. The summed E-state index contributed by atoms with van der Waals surface area (Å²) in [6, 6.07) is -0.436. The van der Waals surface area contributed by atoms with Gasteiger partial charge in [0.05, 0.1) is 6.61 Å². The molecule has 5 heteroatoms. The van der Waals surface area contributed by atoms with Crippen LogP contribution in [-0.2, 0) is 4.74 Å². The number of hydrogen-bond acceptors (Lipinski definition) is 2. The summed E-state index contributed by atoms with van der Waals surface area (Å²) >= 11 is 0. The van der Waals surface area contributed by atoms with Crippen molar-refractivity contribution in [1.82, 2.24) is 5.32 Å². The first kappa shape index (κ1) is 12.2. The summed E-state index contributed by atoms with van der Waals surface area (Å²) in [5.41, 5.74) is 0. The molecule has 0 aromatic rings. The van der Waals surface area contributed by atoms with Crippen molar-refractivity contribution in [2.75, 3.05) is 6.61 Å². The summed E-state index contributed by atoms with van der Waals surface area (Å²) < 4.78 is 30.3. The molecule has 0 aliphatic heterocycles. The van der Waals surface area contributed by atoms with Crippen LogP contribution in [0, 0.1) is 0 Å². The smallest absolute Gasteiger partial charge is 0.407 e. The first-order valence-electron chi connectivity index (χ1n) is 5.34. The Morgan fingerprint density at radius 1 is 1.60 bits per heavy atom. The molecule has 1 N–H and O–H groups in total. The van der Waals surface area contributed by atoms with Gasteiger partial charge in [0.2, 0.25) is 5.92 Å². The Kier molecular flexibility index (Phi) is 4.29. The third-order valence-electron chi connectivity index (χ3n) is 2.46. The minimum atomic E-state index is -2.62. The van der Waals surface area contributed by atoms with E-state index in [1.54, 1.807) is 0 Å². The maximum atomic E-state index is 12.8. The van der Waals surface area contributed by atoms with Gasteiger partial charge in [0.25, 0.3) is 0 Å². The van der Waals surface area contributed by atoms with Gasteiger partial charge in [0, 0.05) is 18.9 Å². The zero-order valence-corrected chi connectivity index (χ0v) is 8.89. The van der Waals surface area contributed by atoms with Gasteiger partial charge in [-0.15, -0.1) is 0 Å². The van der Waals surface area contributed by atoms with E-state index in [4.69, 9.17) is 4.74 Å². The van der Waals surface area contributed by atoms with Crippen LogP contribution in [0.15, 0.2) is 0 Å². The highest BCUT2D eigenvalue weighted by atomic mass is 19.3. The Balaban J connectivity index is 2.16. The van der Waals surface area contributed by atoms with Gasteiger partial charge in [0.1, 0.15) is 0 Å². The normalized spacial score (nSPS) is 23.8. The predicted octanol–water partition coefficient (Wildman–Crippen LogP) is 2.70. The highest BCUT2D eigenvalue weighted by molar-refractivity contribution is 5.67. The van der Waals surface area contributed by atoms with Crippen molar-refractivity contribution in [3.63, 3.8) is 0 Å². The Labute approximate surface area is 88.2 Å². The molecule has 1 rings (SSSR count). The lowest BCUT2D eigenvalue weighted by Gasteiger charge is -2.12. The van der Waals surface area contributed by atoms with Gasteiger partial charge < -0.3 is 10.1 Å². The highest BCUT2D eigenvalue weighted by Gasteiger charge is 2.40. The number of alkyl halides is 2. The monoisotopic (exact) mass is 221 g/mol. The molecule has 1 fully saturated rings. The summed E-state index contributed by atoms with van der Waals surface area (Å²) in [4.78, 5) is 11.1. The van der Waals surface area contributed by atoms with Gasteiger partial charge in [-0.3, -0.25) is 0 Å². The van der Waals surface area contributed by atoms with Crippen molar-refractivity contribution in [3.8, 4) is 0 Å². The molecule has 0 saturated heterocycles. The van der Waals surface area contributed by atoms with Gasteiger partial charge in [-0.1, -0.05) is 13.3 Å². The number of ether oxygens (including phenoxy) is 1. The topological polar surface area (TPSA) is 38.3 Å². The molecule has 0 bridgehead atoms. The lowest BCUT2D eigenvalue weighted by Crippen LogP contribution is -2.34. The van der Waals surface area contributed by atoms with Crippen LogP contribution >= 0.6 is 0 Å². The number of carbonyl (C=O) groups excluding carboxylic acids is 1. The van der Waals surface area contributed by atoms with Crippen molar-refractivity contribution in [2.24, 2.45) is 0 Å². The number of unbranched alkanes of at least 4 members (excludes halogenated alkanes) is 1. The Bertz CT molecular complexity index is 221. The second kappa shape index (κ2) is 5.28. The molecule has 15 heavy (non-hydrogen) atoms. The van der Waals surface area contributed by atoms with E-state index < -0.39 is 18.1 Å². The SMILES string of the molecule is CCCCOC(=O)NC1CCC(F)(F)C1. The molecule has 1 aliphatic carbocycles. The molecule has 0 aromatic carbocycles. The first-order valence-corrected chi connectivity index (χ1v) is 5.34. The zero-order valence-electron chi connectivity index (χ0n) is 8.89. The van der Waals surface area contributed by atoms with E-state index in [-0.39, 0.29) is 12.8 Å². The summed E-state index contributed by atoms with van der Waals surface area (Å²) in [5, 5.41) is 2.45. The van der Waals surface area contributed by atoms with Crippen LogP contribution in [0.25, 0.3) is 0 Å². The second-order valence-corrected chi connectivity index (χ2v) is 3.93. The number of amides is 1. The molecular formula is C10H17F2NO2. The number of hydrogen-bond donors (Lipinski definition) is 1. The van der Waals surface area contributed by atoms with Gasteiger partial charge in [-0.05, 0) is 12.8 Å². The predicted molar refractivity (Wildman–Crippen MR) is 52.0 cm³/mol. The van der Waals surface area contributed by atoms with E-state index >= 15 is 0 Å². The van der Waals surface area contributed by atoms with Crippen molar-refractivity contribution in [2.45, 2.75) is 51.0 Å². The fourth-order valence-electron chi connectivity index (χ4n) is 1.59. The quantitative estimate of drug-likeness (QED) is 0.741. The van der Waals surface area contributed by atoms with E-state index in [2.05, 4.69) is 5.32 Å².